The molecule has 0 aliphatic carbocycles. The lowest BCUT2D eigenvalue weighted by atomic mass is 9.98. The van der Waals surface area contributed by atoms with Crippen LogP contribution >= 0.6 is 0 Å². The Bertz CT molecular complexity index is 503. The van der Waals surface area contributed by atoms with Crippen molar-refractivity contribution in [1.82, 2.24) is 10.1 Å². The number of carboxylic acid groups (broad SMARTS) is 1. The van der Waals surface area contributed by atoms with E-state index in [-0.39, 0.29) is 12.3 Å². The van der Waals surface area contributed by atoms with E-state index >= 15 is 0 Å². The second-order valence-corrected chi connectivity index (χ2v) is 5.21. The van der Waals surface area contributed by atoms with Gasteiger partial charge in [0.25, 0.3) is 0 Å². The Balaban J connectivity index is 2.19. The van der Waals surface area contributed by atoms with E-state index in [9.17, 15) is 14.7 Å². The molecule has 2 heterocycles. The fourth-order valence-corrected chi connectivity index (χ4v) is 2.59. The Labute approximate surface area is 111 Å². The zero-order valence-electron chi connectivity index (χ0n) is 11.4. The van der Waals surface area contributed by atoms with Gasteiger partial charge in [-0.15, -0.1) is 0 Å². The van der Waals surface area contributed by atoms with Gasteiger partial charge in [0.2, 0.25) is 5.91 Å². The van der Waals surface area contributed by atoms with Crippen LogP contribution in [0.4, 0.5) is 0 Å². The molecule has 1 aromatic rings. The lowest BCUT2D eigenvalue weighted by molar-refractivity contribution is -0.155. The summed E-state index contributed by atoms with van der Waals surface area (Å²) in [7, 11) is 0. The van der Waals surface area contributed by atoms with Crippen LogP contribution in [0.2, 0.25) is 0 Å². The summed E-state index contributed by atoms with van der Waals surface area (Å²) in [5.41, 5.74) is 0.350. The van der Waals surface area contributed by atoms with Crippen molar-refractivity contribution >= 4 is 11.9 Å². The quantitative estimate of drug-likeness (QED) is 0.891. The summed E-state index contributed by atoms with van der Waals surface area (Å²) in [6.45, 7) is 5.63. The van der Waals surface area contributed by atoms with Crippen LogP contribution in [0.25, 0.3) is 0 Å². The summed E-state index contributed by atoms with van der Waals surface area (Å²) in [5.74, 6) is -0.518. The maximum atomic E-state index is 12.3. The van der Waals surface area contributed by atoms with Gasteiger partial charge in [-0.05, 0) is 33.6 Å². The largest absolute Gasteiger partial charge is 0.480 e. The second kappa shape index (κ2) is 4.68. The Morgan fingerprint density at radius 3 is 2.68 bits per heavy atom. The first kappa shape index (κ1) is 13.6. The molecule has 19 heavy (non-hydrogen) atoms. The maximum Gasteiger partial charge on any atom is 0.329 e. The van der Waals surface area contributed by atoms with Gasteiger partial charge in [0.1, 0.15) is 11.3 Å². The van der Waals surface area contributed by atoms with Crippen molar-refractivity contribution in [3.8, 4) is 0 Å². The molecule has 6 heteroatoms. The Hall–Kier alpha value is -1.85. The SMILES string of the molecule is Cc1noc(C)c1CC(=O)N1CCCC1(C)C(=O)O. The first-order valence-electron chi connectivity index (χ1n) is 6.32. The monoisotopic (exact) mass is 266 g/mol. The molecular weight excluding hydrogens is 248 g/mol. The van der Waals surface area contributed by atoms with Crippen molar-refractivity contribution < 1.29 is 19.2 Å². The number of rotatable bonds is 3. The predicted molar refractivity (Wildman–Crippen MR) is 66.7 cm³/mol. The fraction of sp³-hybridized carbons (Fsp3) is 0.615. The van der Waals surface area contributed by atoms with Crippen LogP contribution in [0.15, 0.2) is 4.52 Å². The van der Waals surface area contributed by atoms with Crippen molar-refractivity contribution in [2.24, 2.45) is 0 Å². The fourth-order valence-electron chi connectivity index (χ4n) is 2.59. The van der Waals surface area contributed by atoms with E-state index in [0.717, 1.165) is 12.0 Å². The molecule has 0 radical (unpaired) electrons. The second-order valence-electron chi connectivity index (χ2n) is 5.21. The molecule has 1 aliphatic rings. The first-order valence-corrected chi connectivity index (χ1v) is 6.32. The van der Waals surface area contributed by atoms with Gasteiger partial charge in [-0.3, -0.25) is 4.79 Å². The lowest BCUT2D eigenvalue weighted by Crippen LogP contribution is -2.51. The minimum Gasteiger partial charge on any atom is -0.480 e. The normalized spacial score (nSPS) is 22.8. The summed E-state index contributed by atoms with van der Waals surface area (Å²) in [4.78, 5) is 25.1. The van der Waals surface area contributed by atoms with E-state index in [1.165, 1.54) is 4.90 Å². The molecule has 6 nitrogen and oxygen atoms in total. The van der Waals surface area contributed by atoms with E-state index < -0.39 is 11.5 Å². The molecule has 104 valence electrons. The molecule has 0 bridgehead atoms. The number of aromatic nitrogens is 1. The number of amides is 1. The van der Waals surface area contributed by atoms with Gasteiger partial charge in [0, 0.05) is 12.1 Å². The molecule has 1 amide bonds. The molecule has 1 saturated heterocycles. The number of nitrogens with zero attached hydrogens (tertiary/aromatic N) is 2. The van der Waals surface area contributed by atoms with Crippen LogP contribution < -0.4 is 0 Å². The summed E-state index contributed by atoms with van der Waals surface area (Å²) < 4.78 is 5.02. The lowest BCUT2D eigenvalue weighted by Gasteiger charge is -2.31. The Kier molecular flexibility index (Phi) is 3.34. The molecule has 0 saturated carbocycles. The average Bonchev–Trinajstić information content (AvgIpc) is 2.88. The summed E-state index contributed by atoms with van der Waals surface area (Å²) in [5, 5.41) is 13.1. The van der Waals surface area contributed by atoms with Crippen LogP contribution in [0.5, 0.6) is 0 Å². The average molecular weight is 266 g/mol. The Morgan fingerprint density at radius 1 is 1.47 bits per heavy atom. The van der Waals surface area contributed by atoms with Crippen LogP contribution in [-0.4, -0.2) is 39.1 Å². The highest BCUT2D eigenvalue weighted by Crippen LogP contribution is 2.30. The molecule has 1 fully saturated rings. The third-order valence-electron chi connectivity index (χ3n) is 3.91. The van der Waals surface area contributed by atoms with Crippen molar-refractivity contribution in [2.75, 3.05) is 6.54 Å². The molecule has 1 N–H and O–H groups in total. The molecule has 1 aromatic heterocycles. The highest BCUT2D eigenvalue weighted by molar-refractivity contribution is 5.88. The van der Waals surface area contributed by atoms with E-state index in [2.05, 4.69) is 5.16 Å². The van der Waals surface area contributed by atoms with Crippen LogP contribution in [0, 0.1) is 13.8 Å². The number of hydrogen-bond donors (Lipinski definition) is 1. The molecular formula is C13H18N2O4. The van der Waals surface area contributed by atoms with Gasteiger partial charge in [-0.2, -0.15) is 0 Å². The third-order valence-corrected chi connectivity index (χ3v) is 3.91. The van der Waals surface area contributed by atoms with Crippen molar-refractivity contribution in [3.05, 3.63) is 17.0 Å². The van der Waals surface area contributed by atoms with Crippen LogP contribution in [0.1, 0.15) is 36.8 Å². The summed E-state index contributed by atoms with van der Waals surface area (Å²) in [6.07, 6.45) is 1.36. The zero-order valence-corrected chi connectivity index (χ0v) is 11.4. The van der Waals surface area contributed by atoms with Gasteiger partial charge < -0.3 is 14.5 Å². The molecule has 0 aromatic carbocycles. The van der Waals surface area contributed by atoms with Gasteiger partial charge >= 0.3 is 5.97 Å². The number of likely N-dealkylation sites (tertiary alicyclic amines) is 1. The van der Waals surface area contributed by atoms with Gasteiger partial charge in [-0.1, -0.05) is 5.16 Å². The topological polar surface area (TPSA) is 83.6 Å². The Morgan fingerprint density at radius 2 is 2.16 bits per heavy atom. The van der Waals surface area contributed by atoms with Crippen LogP contribution in [-0.2, 0) is 16.0 Å². The minimum atomic E-state index is -1.09. The highest BCUT2D eigenvalue weighted by Gasteiger charge is 2.45. The molecule has 1 atom stereocenters. The van der Waals surface area contributed by atoms with Gasteiger partial charge in [0.15, 0.2) is 0 Å². The number of carboxylic acids is 1. The van der Waals surface area contributed by atoms with Crippen molar-refractivity contribution in [1.29, 1.82) is 0 Å². The van der Waals surface area contributed by atoms with Crippen LogP contribution in [0.3, 0.4) is 0 Å². The number of carbonyl (C=O) groups is 2. The standard InChI is InChI=1S/C13H18N2O4/c1-8-10(9(2)19-14-8)7-11(16)15-6-4-5-13(15,3)12(17)18/h4-7H2,1-3H3,(H,17,18). The maximum absolute atomic E-state index is 12.3. The van der Waals surface area contributed by atoms with E-state index in [1.54, 1.807) is 20.8 Å². The van der Waals surface area contributed by atoms with E-state index in [4.69, 9.17) is 4.52 Å². The zero-order chi connectivity index (χ0) is 14.2. The number of hydrogen-bond acceptors (Lipinski definition) is 4. The van der Waals surface area contributed by atoms with E-state index in [0.29, 0.717) is 24.4 Å². The first-order chi connectivity index (χ1) is 8.86. The molecule has 1 aliphatic heterocycles. The number of aryl methyl sites for hydroxylation is 2. The minimum absolute atomic E-state index is 0.143. The molecule has 1 unspecified atom stereocenters. The van der Waals surface area contributed by atoms with Gasteiger partial charge in [-0.25, -0.2) is 4.79 Å². The molecule has 2 rings (SSSR count). The smallest absolute Gasteiger partial charge is 0.329 e. The number of aliphatic carboxylic acids is 1. The van der Waals surface area contributed by atoms with Crippen molar-refractivity contribution in [2.45, 2.75) is 45.6 Å². The molecule has 0 spiro atoms. The number of carbonyl (C=O) groups excluding carboxylic acids is 1. The highest BCUT2D eigenvalue weighted by atomic mass is 16.5. The summed E-state index contributed by atoms with van der Waals surface area (Å²) in [6, 6.07) is 0. The van der Waals surface area contributed by atoms with Crippen molar-refractivity contribution in [3.63, 3.8) is 0 Å². The summed E-state index contributed by atoms with van der Waals surface area (Å²) >= 11 is 0. The predicted octanol–water partition coefficient (Wildman–Crippen LogP) is 1.30. The van der Waals surface area contributed by atoms with E-state index in [1.807, 2.05) is 0 Å². The van der Waals surface area contributed by atoms with Gasteiger partial charge in [0.05, 0.1) is 12.1 Å². The third kappa shape index (κ3) is 2.22.